The van der Waals surface area contributed by atoms with Gasteiger partial charge in [-0.3, -0.25) is 4.79 Å². The maximum absolute atomic E-state index is 12.4. The number of amides is 1. The van der Waals surface area contributed by atoms with Crippen LogP contribution in [0.15, 0.2) is 24.3 Å². The van der Waals surface area contributed by atoms with Gasteiger partial charge in [-0.05, 0) is 37.0 Å². The van der Waals surface area contributed by atoms with Crippen molar-refractivity contribution in [2.24, 2.45) is 0 Å². The summed E-state index contributed by atoms with van der Waals surface area (Å²) in [4.78, 5) is 25.7. The summed E-state index contributed by atoms with van der Waals surface area (Å²) < 4.78 is 33.6. The first-order valence-corrected chi connectivity index (χ1v) is 10.8. The van der Waals surface area contributed by atoms with Gasteiger partial charge in [0.2, 0.25) is 0 Å². The van der Waals surface area contributed by atoms with Crippen LogP contribution in [0.3, 0.4) is 0 Å². The van der Waals surface area contributed by atoms with Crippen LogP contribution in [-0.4, -0.2) is 62.5 Å². The van der Waals surface area contributed by atoms with E-state index < -0.39 is 27.8 Å². The number of sulfone groups is 1. The molecule has 150 valence electrons. The van der Waals surface area contributed by atoms with Crippen molar-refractivity contribution < 1.29 is 27.5 Å². The zero-order valence-electron chi connectivity index (χ0n) is 16.2. The molecule has 1 saturated heterocycles. The molecule has 1 amide bonds. The Hall–Kier alpha value is -2.09. The van der Waals surface area contributed by atoms with Crippen LogP contribution in [0.5, 0.6) is 5.75 Å². The molecular formula is C19H27NO6S. The quantitative estimate of drug-likeness (QED) is 0.652. The van der Waals surface area contributed by atoms with Gasteiger partial charge in [0, 0.05) is 13.1 Å². The van der Waals surface area contributed by atoms with Crippen LogP contribution in [0.4, 0.5) is 0 Å². The number of carbonyl (C=O) groups is 2. The van der Waals surface area contributed by atoms with Crippen molar-refractivity contribution in [2.45, 2.75) is 45.3 Å². The number of carbonyl (C=O) groups excluding carboxylic acids is 2. The summed E-state index contributed by atoms with van der Waals surface area (Å²) in [7, 11) is -1.56. The lowest BCUT2D eigenvalue weighted by Crippen LogP contribution is -2.44. The van der Waals surface area contributed by atoms with Crippen molar-refractivity contribution in [1.82, 2.24) is 4.90 Å². The van der Waals surface area contributed by atoms with Crippen LogP contribution in [0.2, 0.25) is 0 Å². The fourth-order valence-electron chi connectivity index (χ4n) is 2.92. The highest BCUT2D eigenvalue weighted by atomic mass is 32.2. The smallest absolute Gasteiger partial charge is 0.344 e. The molecule has 0 unspecified atom stereocenters. The molecule has 2 rings (SSSR count). The lowest BCUT2D eigenvalue weighted by molar-refractivity contribution is -0.160. The maximum atomic E-state index is 12.4. The zero-order chi connectivity index (χ0) is 20.2. The fraction of sp³-hybridized carbons (Fsp3) is 0.579. The molecule has 1 aromatic rings. The van der Waals surface area contributed by atoms with Gasteiger partial charge in [0.25, 0.3) is 5.91 Å². The average Bonchev–Trinajstić information content (AvgIpc) is 2.98. The largest absolute Gasteiger partial charge is 0.482 e. The Bertz CT molecular complexity index is 772. The zero-order valence-corrected chi connectivity index (χ0v) is 17.0. The summed E-state index contributed by atoms with van der Waals surface area (Å²) in [6.07, 6.45) is -0.599. The molecule has 0 spiro atoms. The second-order valence-electron chi connectivity index (χ2n) is 7.15. The number of hydrogen-bond acceptors (Lipinski definition) is 6. The van der Waals surface area contributed by atoms with Gasteiger partial charge in [-0.15, -0.1) is 0 Å². The third kappa shape index (κ3) is 5.95. The topological polar surface area (TPSA) is 90.0 Å². The standard InChI is InChI=1S/C19H27NO6S/c1-13(2)15-5-7-17(8-6-15)25-11-18(21)26-14(3)19(22)20(4)16-9-10-27(23,24)12-16/h5-8,13-14,16H,9-12H2,1-4H3/t14-,16+/m0/s1. The molecule has 0 radical (unpaired) electrons. The van der Waals surface area contributed by atoms with E-state index in [2.05, 4.69) is 13.8 Å². The van der Waals surface area contributed by atoms with Crippen LogP contribution in [0.25, 0.3) is 0 Å². The summed E-state index contributed by atoms with van der Waals surface area (Å²) in [6, 6.07) is 7.06. The normalized spacial score (nSPS) is 19.5. The first kappa shape index (κ1) is 21.2. The van der Waals surface area contributed by atoms with Gasteiger partial charge in [-0.25, -0.2) is 13.2 Å². The predicted octanol–water partition coefficient (Wildman–Crippen LogP) is 1.77. The molecule has 0 aromatic heterocycles. The molecule has 0 saturated carbocycles. The van der Waals surface area contributed by atoms with E-state index >= 15 is 0 Å². The Morgan fingerprint density at radius 3 is 2.33 bits per heavy atom. The third-order valence-corrected chi connectivity index (χ3v) is 6.41. The molecule has 2 atom stereocenters. The van der Waals surface area contributed by atoms with Crippen LogP contribution < -0.4 is 4.74 Å². The summed E-state index contributed by atoms with van der Waals surface area (Å²) in [6.45, 7) is 5.34. The lowest BCUT2D eigenvalue weighted by Gasteiger charge is -2.26. The van der Waals surface area contributed by atoms with Gasteiger partial charge < -0.3 is 14.4 Å². The molecule has 1 aliphatic heterocycles. The first-order chi connectivity index (χ1) is 12.6. The van der Waals surface area contributed by atoms with E-state index in [-0.39, 0.29) is 24.2 Å². The van der Waals surface area contributed by atoms with Gasteiger partial charge >= 0.3 is 5.97 Å². The van der Waals surface area contributed by atoms with Gasteiger partial charge in [-0.2, -0.15) is 0 Å². The second kappa shape index (κ2) is 8.73. The third-order valence-electron chi connectivity index (χ3n) is 4.66. The van der Waals surface area contributed by atoms with Crippen LogP contribution >= 0.6 is 0 Å². The van der Waals surface area contributed by atoms with E-state index in [0.717, 1.165) is 0 Å². The summed E-state index contributed by atoms with van der Waals surface area (Å²) in [5.74, 6) is -0.104. The van der Waals surface area contributed by atoms with Crippen molar-refractivity contribution in [3.63, 3.8) is 0 Å². The van der Waals surface area contributed by atoms with E-state index in [1.807, 2.05) is 12.1 Å². The summed E-state index contributed by atoms with van der Waals surface area (Å²) in [5, 5.41) is 0. The van der Waals surface area contributed by atoms with E-state index in [0.29, 0.717) is 18.1 Å². The molecule has 0 aliphatic carbocycles. The van der Waals surface area contributed by atoms with E-state index in [1.165, 1.54) is 24.4 Å². The molecule has 0 bridgehead atoms. The van der Waals surface area contributed by atoms with Gasteiger partial charge in [-0.1, -0.05) is 26.0 Å². The molecular weight excluding hydrogens is 370 g/mol. The van der Waals surface area contributed by atoms with E-state index in [9.17, 15) is 18.0 Å². The Labute approximate surface area is 160 Å². The molecule has 0 N–H and O–H groups in total. The Kier molecular flexibility index (Phi) is 6.86. The average molecular weight is 397 g/mol. The molecule has 27 heavy (non-hydrogen) atoms. The fourth-order valence-corrected chi connectivity index (χ4v) is 4.69. The van der Waals surface area contributed by atoms with Crippen molar-refractivity contribution in [1.29, 1.82) is 0 Å². The minimum Gasteiger partial charge on any atom is -0.482 e. The number of rotatable bonds is 7. The number of hydrogen-bond donors (Lipinski definition) is 0. The molecule has 1 aromatic carbocycles. The molecule has 1 aliphatic rings. The molecule has 8 heteroatoms. The number of benzene rings is 1. The molecule has 1 heterocycles. The van der Waals surface area contributed by atoms with Gasteiger partial charge in [0.1, 0.15) is 5.75 Å². The second-order valence-corrected chi connectivity index (χ2v) is 9.38. The van der Waals surface area contributed by atoms with Crippen molar-refractivity contribution in [2.75, 3.05) is 25.2 Å². The Morgan fingerprint density at radius 1 is 1.19 bits per heavy atom. The molecule has 7 nitrogen and oxygen atoms in total. The maximum Gasteiger partial charge on any atom is 0.344 e. The minimum absolute atomic E-state index is 0.0502. The number of nitrogens with zero attached hydrogens (tertiary/aromatic N) is 1. The first-order valence-electron chi connectivity index (χ1n) is 8.98. The van der Waals surface area contributed by atoms with Crippen LogP contribution in [0.1, 0.15) is 38.7 Å². The van der Waals surface area contributed by atoms with Crippen molar-refractivity contribution >= 4 is 21.7 Å². The SMILES string of the molecule is CC(C)c1ccc(OCC(=O)O[C@@H](C)C(=O)N(C)[C@@H]2CCS(=O)(=O)C2)cc1. The van der Waals surface area contributed by atoms with Gasteiger partial charge in [0.05, 0.1) is 11.5 Å². The number of likely N-dealkylation sites (N-methyl/N-ethyl adjacent to an activating group) is 1. The Balaban J connectivity index is 1.81. The number of esters is 1. The highest BCUT2D eigenvalue weighted by molar-refractivity contribution is 7.91. The number of ether oxygens (including phenoxy) is 2. The lowest BCUT2D eigenvalue weighted by atomic mass is 10.0. The van der Waals surface area contributed by atoms with Crippen LogP contribution in [-0.2, 0) is 24.2 Å². The highest BCUT2D eigenvalue weighted by Gasteiger charge is 2.34. The minimum atomic E-state index is -3.09. The monoisotopic (exact) mass is 397 g/mol. The van der Waals surface area contributed by atoms with Crippen molar-refractivity contribution in [3.05, 3.63) is 29.8 Å². The van der Waals surface area contributed by atoms with E-state index in [4.69, 9.17) is 9.47 Å². The van der Waals surface area contributed by atoms with Crippen molar-refractivity contribution in [3.8, 4) is 5.75 Å². The summed E-state index contributed by atoms with van der Waals surface area (Å²) in [5.41, 5.74) is 1.17. The molecule has 1 fully saturated rings. The summed E-state index contributed by atoms with van der Waals surface area (Å²) >= 11 is 0. The van der Waals surface area contributed by atoms with Gasteiger partial charge in [0.15, 0.2) is 22.5 Å². The predicted molar refractivity (Wildman–Crippen MR) is 101 cm³/mol. The van der Waals surface area contributed by atoms with E-state index in [1.54, 1.807) is 12.1 Å². The highest BCUT2D eigenvalue weighted by Crippen LogP contribution is 2.19. The van der Waals surface area contributed by atoms with Crippen LogP contribution in [0, 0.1) is 0 Å². The Morgan fingerprint density at radius 2 is 1.81 bits per heavy atom.